The molecule has 0 unspecified atom stereocenters. The standard InChI is InChI=1S/C10H8F3NO4S2/c1-4-3-6(14-20(16,17)10(11,12)13)5(2)8-7(4)18-9(15)19-8/h3,14H,1-2H3. The van der Waals surface area contributed by atoms with Crippen molar-refractivity contribution in [3.63, 3.8) is 0 Å². The van der Waals surface area contributed by atoms with Crippen LogP contribution < -0.4 is 9.66 Å². The number of hydrogen-bond acceptors (Lipinski definition) is 5. The SMILES string of the molecule is Cc1cc(NS(=O)(=O)C(F)(F)F)c(C)c2sc(=O)oc12. The van der Waals surface area contributed by atoms with Crippen molar-refractivity contribution in [3.8, 4) is 0 Å². The molecule has 0 atom stereocenters. The van der Waals surface area contributed by atoms with Gasteiger partial charge in [0.15, 0.2) is 5.58 Å². The molecule has 0 saturated carbocycles. The Morgan fingerprint density at radius 2 is 1.90 bits per heavy atom. The first kappa shape index (κ1) is 14.9. The van der Waals surface area contributed by atoms with Gasteiger partial charge in [-0.05, 0) is 31.0 Å². The molecule has 0 fully saturated rings. The Labute approximate surface area is 115 Å². The fraction of sp³-hybridized carbons (Fsp3) is 0.300. The molecule has 20 heavy (non-hydrogen) atoms. The predicted molar refractivity (Wildman–Crippen MR) is 68.4 cm³/mol. The number of alkyl halides is 3. The number of anilines is 1. The van der Waals surface area contributed by atoms with Crippen molar-refractivity contribution in [2.75, 3.05) is 4.72 Å². The van der Waals surface area contributed by atoms with Crippen LogP contribution in [0.3, 0.4) is 0 Å². The minimum Gasteiger partial charge on any atom is -0.414 e. The van der Waals surface area contributed by atoms with Crippen LogP contribution in [0.5, 0.6) is 0 Å². The number of benzene rings is 1. The molecule has 5 nitrogen and oxygen atoms in total. The number of halogens is 3. The van der Waals surface area contributed by atoms with Gasteiger partial charge < -0.3 is 4.42 Å². The highest BCUT2D eigenvalue weighted by atomic mass is 32.2. The summed E-state index contributed by atoms with van der Waals surface area (Å²) < 4.78 is 66.0. The first-order valence-electron chi connectivity index (χ1n) is 5.16. The van der Waals surface area contributed by atoms with E-state index in [0.29, 0.717) is 21.6 Å². The number of rotatable bonds is 2. The van der Waals surface area contributed by atoms with Crippen molar-refractivity contribution >= 4 is 37.3 Å². The first-order chi connectivity index (χ1) is 9.03. The van der Waals surface area contributed by atoms with Crippen molar-refractivity contribution in [3.05, 3.63) is 26.9 Å². The van der Waals surface area contributed by atoms with Gasteiger partial charge in [-0.2, -0.15) is 21.6 Å². The largest absolute Gasteiger partial charge is 0.516 e. The molecule has 0 saturated heterocycles. The van der Waals surface area contributed by atoms with Gasteiger partial charge in [-0.25, -0.2) is 4.79 Å². The Morgan fingerprint density at radius 3 is 2.45 bits per heavy atom. The molecular weight excluding hydrogens is 319 g/mol. The number of fused-ring (bicyclic) bond motifs is 1. The fourth-order valence-corrected chi connectivity index (χ4v) is 3.08. The third-order valence-corrected chi connectivity index (χ3v) is 4.63. The van der Waals surface area contributed by atoms with Crippen LogP contribution in [0.25, 0.3) is 10.3 Å². The smallest absolute Gasteiger partial charge is 0.414 e. The van der Waals surface area contributed by atoms with Gasteiger partial charge >= 0.3 is 20.5 Å². The van der Waals surface area contributed by atoms with Crippen molar-refractivity contribution in [2.24, 2.45) is 0 Å². The molecule has 0 spiro atoms. The van der Waals surface area contributed by atoms with E-state index in [1.807, 2.05) is 0 Å². The van der Waals surface area contributed by atoms with E-state index in [2.05, 4.69) is 0 Å². The average molecular weight is 327 g/mol. The summed E-state index contributed by atoms with van der Waals surface area (Å²) in [7, 11) is -5.51. The lowest BCUT2D eigenvalue weighted by molar-refractivity contribution is -0.0429. The summed E-state index contributed by atoms with van der Waals surface area (Å²) in [5, 5.41) is 0. The van der Waals surface area contributed by atoms with Crippen LogP contribution in [-0.4, -0.2) is 13.9 Å². The second-order valence-electron chi connectivity index (χ2n) is 4.03. The summed E-state index contributed by atoms with van der Waals surface area (Å²) in [6.45, 7) is 2.91. The molecule has 1 heterocycles. The summed E-state index contributed by atoms with van der Waals surface area (Å²) >= 11 is 0.702. The van der Waals surface area contributed by atoms with E-state index in [1.54, 1.807) is 0 Å². The van der Waals surface area contributed by atoms with E-state index < -0.39 is 20.5 Å². The van der Waals surface area contributed by atoms with Crippen LogP contribution >= 0.6 is 11.3 Å². The van der Waals surface area contributed by atoms with E-state index in [-0.39, 0.29) is 16.8 Å². The summed E-state index contributed by atoms with van der Waals surface area (Å²) in [4.78, 5) is 10.6. The summed E-state index contributed by atoms with van der Waals surface area (Å²) in [6, 6.07) is 1.19. The zero-order chi connectivity index (χ0) is 15.3. The molecule has 0 aliphatic rings. The number of hydrogen-bond donors (Lipinski definition) is 1. The highest BCUT2D eigenvalue weighted by molar-refractivity contribution is 7.93. The molecule has 2 rings (SSSR count). The van der Waals surface area contributed by atoms with Gasteiger partial charge in [-0.3, -0.25) is 4.72 Å². The Morgan fingerprint density at radius 1 is 1.30 bits per heavy atom. The van der Waals surface area contributed by atoms with Crippen molar-refractivity contribution in [2.45, 2.75) is 19.4 Å². The first-order valence-corrected chi connectivity index (χ1v) is 7.46. The van der Waals surface area contributed by atoms with E-state index in [9.17, 15) is 26.4 Å². The Balaban J connectivity index is 2.63. The van der Waals surface area contributed by atoms with Crippen LogP contribution in [0, 0.1) is 13.8 Å². The maximum Gasteiger partial charge on any atom is 0.516 e. The summed E-state index contributed by atoms with van der Waals surface area (Å²) in [5.74, 6) is 0. The van der Waals surface area contributed by atoms with Gasteiger partial charge in [-0.1, -0.05) is 11.3 Å². The van der Waals surface area contributed by atoms with Crippen molar-refractivity contribution in [1.29, 1.82) is 0 Å². The van der Waals surface area contributed by atoms with Crippen LogP contribution in [0.15, 0.2) is 15.3 Å². The lowest BCUT2D eigenvalue weighted by atomic mass is 10.1. The number of aryl methyl sites for hydroxylation is 2. The van der Waals surface area contributed by atoms with Crippen molar-refractivity contribution in [1.82, 2.24) is 0 Å². The maximum absolute atomic E-state index is 12.4. The highest BCUT2D eigenvalue weighted by Crippen LogP contribution is 2.33. The summed E-state index contributed by atoms with van der Waals surface area (Å²) in [5.41, 5.74) is -4.83. The normalized spacial score (nSPS) is 12.8. The summed E-state index contributed by atoms with van der Waals surface area (Å²) in [6.07, 6.45) is 0. The maximum atomic E-state index is 12.4. The molecule has 1 aromatic carbocycles. The van der Waals surface area contributed by atoms with E-state index in [4.69, 9.17) is 4.42 Å². The minimum absolute atomic E-state index is 0.203. The zero-order valence-corrected chi connectivity index (χ0v) is 11.8. The average Bonchev–Trinajstić information content (AvgIpc) is 2.66. The molecule has 0 bridgehead atoms. The van der Waals surface area contributed by atoms with E-state index in [0.717, 1.165) is 0 Å². The van der Waals surface area contributed by atoms with Crippen LogP contribution in [0.1, 0.15) is 11.1 Å². The molecule has 10 heteroatoms. The van der Waals surface area contributed by atoms with Gasteiger partial charge in [-0.15, -0.1) is 0 Å². The monoisotopic (exact) mass is 327 g/mol. The Hall–Kier alpha value is -1.55. The quantitative estimate of drug-likeness (QED) is 0.920. The Bertz CT molecular complexity index is 833. The second kappa shape index (κ2) is 4.48. The highest BCUT2D eigenvalue weighted by Gasteiger charge is 2.46. The molecular formula is C10H8F3NO4S2. The molecule has 1 aromatic heterocycles. The second-order valence-corrected chi connectivity index (χ2v) is 6.65. The molecule has 0 aliphatic carbocycles. The van der Waals surface area contributed by atoms with Gasteiger partial charge in [0.25, 0.3) is 0 Å². The van der Waals surface area contributed by atoms with Crippen LogP contribution in [-0.2, 0) is 10.0 Å². The lowest BCUT2D eigenvalue weighted by Gasteiger charge is -2.13. The van der Waals surface area contributed by atoms with Gasteiger partial charge in [0, 0.05) is 0 Å². The zero-order valence-electron chi connectivity index (χ0n) is 10.2. The molecule has 1 N–H and O–H groups in total. The third-order valence-electron chi connectivity index (χ3n) is 2.59. The molecule has 110 valence electrons. The predicted octanol–water partition coefficient (Wildman–Crippen LogP) is 2.73. The van der Waals surface area contributed by atoms with Gasteiger partial charge in [0.2, 0.25) is 0 Å². The van der Waals surface area contributed by atoms with Crippen molar-refractivity contribution < 1.29 is 26.0 Å². The minimum atomic E-state index is -5.51. The van der Waals surface area contributed by atoms with Gasteiger partial charge in [0.05, 0.1) is 10.4 Å². The number of sulfonamides is 1. The van der Waals surface area contributed by atoms with E-state index >= 15 is 0 Å². The lowest BCUT2D eigenvalue weighted by Crippen LogP contribution is -2.30. The molecule has 0 radical (unpaired) electrons. The number of nitrogens with one attached hydrogen (secondary N) is 1. The molecule has 0 aliphatic heterocycles. The molecule has 2 aromatic rings. The topological polar surface area (TPSA) is 76.4 Å². The molecule has 0 amide bonds. The van der Waals surface area contributed by atoms with Crippen LogP contribution in [0.2, 0.25) is 0 Å². The van der Waals surface area contributed by atoms with Crippen LogP contribution in [0.4, 0.5) is 18.9 Å². The fourth-order valence-electron chi connectivity index (χ4n) is 1.61. The Kier molecular flexibility index (Phi) is 3.33. The van der Waals surface area contributed by atoms with Gasteiger partial charge in [0.1, 0.15) is 0 Å². The third kappa shape index (κ3) is 2.40. The van der Waals surface area contributed by atoms with E-state index in [1.165, 1.54) is 24.6 Å².